The Labute approximate surface area is 160 Å². The van der Waals surface area contributed by atoms with Gasteiger partial charge in [0.2, 0.25) is 0 Å². The predicted molar refractivity (Wildman–Crippen MR) is 106 cm³/mol. The van der Waals surface area contributed by atoms with E-state index in [9.17, 15) is 9.59 Å². The van der Waals surface area contributed by atoms with E-state index < -0.39 is 0 Å². The Morgan fingerprint density at radius 3 is 2.15 bits per heavy atom. The number of hydrogen-bond donors (Lipinski definition) is 1. The summed E-state index contributed by atoms with van der Waals surface area (Å²) in [6, 6.07) is 13.5. The summed E-state index contributed by atoms with van der Waals surface area (Å²) < 4.78 is 0. The molecule has 2 aromatic carbocycles. The van der Waals surface area contributed by atoms with Crippen molar-refractivity contribution in [3.8, 4) is 0 Å². The summed E-state index contributed by atoms with van der Waals surface area (Å²) in [6.45, 7) is 5.56. The molecule has 0 heterocycles. The quantitative estimate of drug-likeness (QED) is 0.750. The third-order valence-electron chi connectivity index (χ3n) is 3.99. The molecule has 0 radical (unpaired) electrons. The van der Waals surface area contributed by atoms with Crippen LogP contribution in [0.1, 0.15) is 40.1 Å². The molecule has 0 unspecified atom stereocenters. The second-order valence-electron chi connectivity index (χ2n) is 7.47. The monoisotopic (exact) mass is 372 g/mol. The first-order chi connectivity index (χ1) is 12.2. The zero-order valence-corrected chi connectivity index (χ0v) is 16.4. The lowest BCUT2D eigenvalue weighted by molar-refractivity contribution is 0.0920. The standard InChI is InChI=1S/C21H25ClN2O2/c1-21(2,14-24(3)4)13-23-20(26)18-8-6-5-7-17(18)19(25)15-9-11-16(22)12-10-15/h5-12H,13-14H2,1-4H3,(H,23,26). The number of amides is 1. The second kappa shape index (κ2) is 8.47. The maximum Gasteiger partial charge on any atom is 0.252 e. The molecule has 138 valence electrons. The van der Waals surface area contributed by atoms with Crippen LogP contribution in [0.15, 0.2) is 48.5 Å². The number of halogens is 1. The van der Waals surface area contributed by atoms with Gasteiger partial charge >= 0.3 is 0 Å². The van der Waals surface area contributed by atoms with Crippen LogP contribution in [0, 0.1) is 5.41 Å². The highest BCUT2D eigenvalue weighted by molar-refractivity contribution is 6.30. The van der Waals surface area contributed by atoms with Crippen molar-refractivity contribution in [1.82, 2.24) is 10.2 Å². The Balaban J connectivity index is 2.19. The maximum atomic E-state index is 12.8. The van der Waals surface area contributed by atoms with E-state index in [0.717, 1.165) is 6.54 Å². The van der Waals surface area contributed by atoms with E-state index in [1.807, 2.05) is 14.1 Å². The van der Waals surface area contributed by atoms with Crippen molar-refractivity contribution in [2.45, 2.75) is 13.8 Å². The molecular formula is C21H25ClN2O2. The normalized spacial score (nSPS) is 11.5. The number of hydrogen-bond acceptors (Lipinski definition) is 3. The van der Waals surface area contributed by atoms with E-state index in [4.69, 9.17) is 11.6 Å². The second-order valence-corrected chi connectivity index (χ2v) is 7.90. The molecule has 0 aliphatic carbocycles. The van der Waals surface area contributed by atoms with Gasteiger partial charge in [0.05, 0.1) is 5.56 Å². The summed E-state index contributed by atoms with van der Waals surface area (Å²) >= 11 is 5.89. The molecular weight excluding hydrogens is 348 g/mol. The summed E-state index contributed by atoms with van der Waals surface area (Å²) in [5.74, 6) is -0.435. The smallest absolute Gasteiger partial charge is 0.252 e. The molecule has 4 nitrogen and oxygen atoms in total. The van der Waals surface area contributed by atoms with Crippen LogP contribution in [-0.4, -0.2) is 43.8 Å². The van der Waals surface area contributed by atoms with E-state index in [2.05, 4.69) is 24.1 Å². The van der Waals surface area contributed by atoms with Crippen molar-refractivity contribution >= 4 is 23.3 Å². The van der Waals surface area contributed by atoms with Crippen LogP contribution >= 0.6 is 11.6 Å². The molecule has 1 N–H and O–H groups in total. The minimum Gasteiger partial charge on any atom is -0.351 e. The number of benzene rings is 2. The molecule has 0 saturated carbocycles. The number of carbonyl (C=O) groups is 2. The molecule has 0 saturated heterocycles. The molecule has 0 atom stereocenters. The molecule has 0 aliphatic rings. The first kappa shape index (κ1) is 20.1. The molecule has 0 spiro atoms. The number of rotatable bonds is 7. The van der Waals surface area contributed by atoms with Gasteiger partial charge in [-0.3, -0.25) is 9.59 Å². The molecule has 1 amide bonds. The van der Waals surface area contributed by atoms with Crippen LogP contribution < -0.4 is 5.32 Å². The van der Waals surface area contributed by atoms with Gasteiger partial charge in [-0.25, -0.2) is 0 Å². The van der Waals surface area contributed by atoms with Crippen molar-refractivity contribution < 1.29 is 9.59 Å². The molecule has 0 fully saturated rings. The third kappa shape index (κ3) is 5.41. The highest BCUT2D eigenvalue weighted by atomic mass is 35.5. The van der Waals surface area contributed by atoms with Gasteiger partial charge in [-0.15, -0.1) is 0 Å². The number of ketones is 1. The van der Waals surface area contributed by atoms with Crippen LogP contribution in [0.4, 0.5) is 0 Å². The van der Waals surface area contributed by atoms with Gasteiger partial charge in [0, 0.05) is 29.2 Å². The first-order valence-electron chi connectivity index (χ1n) is 8.52. The highest BCUT2D eigenvalue weighted by Gasteiger charge is 2.22. The summed E-state index contributed by atoms with van der Waals surface area (Å²) in [5, 5.41) is 3.53. The van der Waals surface area contributed by atoms with Crippen molar-refractivity contribution in [1.29, 1.82) is 0 Å². The maximum absolute atomic E-state index is 12.8. The summed E-state index contributed by atoms with van der Waals surface area (Å²) in [4.78, 5) is 27.6. The van der Waals surface area contributed by atoms with Crippen LogP contribution in [0.2, 0.25) is 5.02 Å². The van der Waals surface area contributed by atoms with Crippen molar-refractivity contribution in [2.75, 3.05) is 27.2 Å². The van der Waals surface area contributed by atoms with Crippen molar-refractivity contribution in [3.05, 3.63) is 70.2 Å². The molecule has 2 aromatic rings. The zero-order chi connectivity index (χ0) is 19.3. The molecule has 0 aromatic heterocycles. The molecule has 0 bridgehead atoms. The average molecular weight is 373 g/mol. The SMILES string of the molecule is CN(C)CC(C)(C)CNC(=O)c1ccccc1C(=O)c1ccc(Cl)cc1. The van der Waals surface area contributed by atoms with Gasteiger partial charge < -0.3 is 10.2 Å². The molecule has 0 aliphatic heterocycles. The van der Waals surface area contributed by atoms with Gasteiger partial charge in [-0.2, -0.15) is 0 Å². The fraction of sp³-hybridized carbons (Fsp3) is 0.333. The van der Waals surface area contributed by atoms with E-state index in [0.29, 0.717) is 28.3 Å². The number of nitrogens with one attached hydrogen (secondary N) is 1. The average Bonchev–Trinajstić information content (AvgIpc) is 2.59. The zero-order valence-electron chi connectivity index (χ0n) is 15.7. The van der Waals surface area contributed by atoms with Crippen molar-refractivity contribution in [3.63, 3.8) is 0 Å². The van der Waals surface area contributed by atoms with E-state index >= 15 is 0 Å². The van der Waals surface area contributed by atoms with Gasteiger partial charge in [0.25, 0.3) is 5.91 Å². The largest absolute Gasteiger partial charge is 0.351 e. The Morgan fingerprint density at radius 2 is 1.58 bits per heavy atom. The van der Waals surface area contributed by atoms with Crippen LogP contribution in [0.3, 0.4) is 0 Å². The minimum atomic E-state index is -0.241. The van der Waals surface area contributed by atoms with Crippen LogP contribution in [0.25, 0.3) is 0 Å². The lowest BCUT2D eigenvalue weighted by Gasteiger charge is -2.28. The number of nitrogens with zero attached hydrogens (tertiary/aromatic N) is 1. The lowest BCUT2D eigenvalue weighted by Crippen LogP contribution is -2.40. The van der Waals surface area contributed by atoms with Gasteiger partial charge in [0.15, 0.2) is 5.78 Å². The Hall–Kier alpha value is -2.17. The highest BCUT2D eigenvalue weighted by Crippen LogP contribution is 2.18. The predicted octanol–water partition coefficient (Wildman–Crippen LogP) is 3.89. The Kier molecular flexibility index (Phi) is 6.57. The summed E-state index contributed by atoms with van der Waals surface area (Å²) in [5.41, 5.74) is 1.20. The van der Waals surface area contributed by atoms with E-state index in [1.54, 1.807) is 48.5 Å². The van der Waals surface area contributed by atoms with Crippen LogP contribution in [0.5, 0.6) is 0 Å². The van der Waals surface area contributed by atoms with Crippen LogP contribution in [-0.2, 0) is 0 Å². The summed E-state index contributed by atoms with van der Waals surface area (Å²) in [6.07, 6.45) is 0. The Bertz CT molecular complexity index is 783. The Morgan fingerprint density at radius 1 is 1.00 bits per heavy atom. The fourth-order valence-corrected chi connectivity index (χ4v) is 3.09. The molecule has 5 heteroatoms. The number of carbonyl (C=O) groups excluding carboxylic acids is 2. The third-order valence-corrected chi connectivity index (χ3v) is 4.25. The van der Waals surface area contributed by atoms with Crippen molar-refractivity contribution in [2.24, 2.45) is 5.41 Å². The van der Waals surface area contributed by atoms with Gasteiger partial charge in [-0.05, 0) is 49.8 Å². The lowest BCUT2D eigenvalue weighted by atomic mass is 9.92. The summed E-state index contributed by atoms with van der Waals surface area (Å²) in [7, 11) is 4.01. The van der Waals surface area contributed by atoms with Gasteiger partial charge in [0.1, 0.15) is 0 Å². The van der Waals surface area contributed by atoms with Gasteiger partial charge in [-0.1, -0.05) is 43.6 Å². The fourth-order valence-electron chi connectivity index (χ4n) is 2.96. The van der Waals surface area contributed by atoms with E-state index in [1.165, 1.54) is 0 Å². The van der Waals surface area contributed by atoms with E-state index in [-0.39, 0.29) is 17.1 Å². The minimum absolute atomic E-state index is 0.0751. The molecule has 26 heavy (non-hydrogen) atoms. The topological polar surface area (TPSA) is 49.4 Å². The first-order valence-corrected chi connectivity index (χ1v) is 8.90. The molecule has 2 rings (SSSR count).